The Kier molecular flexibility index (Phi) is 6.91. The molecule has 0 saturated carbocycles. The summed E-state index contributed by atoms with van der Waals surface area (Å²) < 4.78 is 49.3. The number of amides is 1. The lowest BCUT2D eigenvalue weighted by Crippen LogP contribution is -2.40. The number of rotatable bonds is 7. The van der Waals surface area contributed by atoms with Gasteiger partial charge in [0.15, 0.2) is 11.5 Å². The molecule has 1 saturated heterocycles. The van der Waals surface area contributed by atoms with Crippen molar-refractivity contribution >= 4 is 27.3 Å². The molecule has 0 spiro atoms. The second-order valence-electron chi connectivity index (χ2n) is 7.60. The molecule has 11 heteroatoms. The van der Waals surface area contributed by atoms with Crippen LogP contribution in [0.3, 0.4) is 0 Å². The molecule has 1 amide bonds. The number of hydrogen-bond acceptors (Lipinski definition) is 8. The molecule has 0 bridgehead atoms. The van der Waals surface area contributed by atoms with Gasteiger partial charge in [0.1, 0.15) is 29.9 Å². The first-order valence-corrected chi connectivity index (χ1v) is 12.1. The molecule has 178 valence electrons. The molecule has 2 heterocycles. The molecule has 0 aromatic heterocycles. The zero-order valence-electron chi connectivity index (χ0n) is 18.5. The minimum Gasteiger partial charge on any atom is -0.495 e. The summed E-state index contributed by atoms with van der Waals surface area (Å²) in [4.78, 5) is 12.8. The number of methoxy groups -OCH3 is 1. The summed E-state index contributed by atoms with van der Waals surface area (Å²) >= 11 is 0. The summed E-state index contributed by atoms with van der Waals surface area (Å²) in [6.07, 6.45) is 0. The molecular weight excluding hydrogens is 450 g/mol. The van der Waals surface area contributed by atoms with E-state index in [1.165, 1.54) is 17.5 Å². The van der Waals surface area contributed by atoms with Crippen LogP contribution in [0.25, 0.3) is 0 Å². The Morgan fingerprint density at radius 1 is 1.00 bits per heavy atom. The van der Waals surface area contributed by atoms with Crippen molar-refractivity contribution in [1.29, 1.82) is 0 Å². The first-order valence-electron chi connectivity index (χ1n) is 10.6. The molecule has 2 aromatic rings. The number of carbonyl (C=O) groups is 1. The molecule has 2 aliphatic heterocycles. The van der Waals surface area contributed by atoms with Crippen LogP contribution in [0.4, 0.5) is 11.4 Å². The molecule has 2 aromatic carbocycles. The number of sulfonamides is 1. The van der Waals surface area contributed by atoms with Gasteiger partial charge in [-0.2, -0.15) is 4.31 Å². The van der Waals surface area contributed by atoms with Crippen LogP contribution >= 0.6 is 0 Å². The van der Waals surface area contributed by atoms with Gasteiger partial charge in [0.2, 0.25) is 15.9 Å². The van der Waals surface area contributed by atoms with Crippen molar-refractivity contribution in [1.82, 2.24) is 4.31 Å². The fourth-order valence-corrected chi connectivity index (χ4v) is 5.17. The van der Waals surface area contributed by atoms with Gasteiger partial charge >= 0.3 is 0 Å². The van der Waals surface area contributed by atoms with Crippen LogP contribution in [0.5, 0.6) is 17.2 Å². The highest BCUT2D eigenvalue weighted by molar-refractivity contribution is 7.89. The number of benzene rings is 2. The first kappa shape index (κ1) is 23.1. The highest BCUT2D eigenvalue weighted by atomic mass is 32.2. The smallest absolute Gasteiger partial charge is 0.246 e. The van der Waals surface area contributed by atoms with E-state index < -0.39 is 16.1 Å². The Morgan fingerprint density at radius 3 is 2.42 bits per heavy atom. The number of nitrogens with zero attached hydrogens (tertiary/aromatic N) is 1. The molecule has 4 rings (SSSR count). The van der Waals surface area contributed by atoms with Crippen LogP contribution in [-0.4, -0.2) is 71.3 Å². The molecule has 33 heavy (non-hydrogen) atoms. The molecule has 1 fully saturated rings. The van der Waals surface area contributed by atoms with E-state index in [1.54, 1.807) is 37.3 Å². The van der Waals surface area contributed by atoms with Gasteiger partial charge in [0.25, 0.3) is 0 Å². The largest absolute Gasteiger partial charge is 0.495 e. The number of hydrogen-bond donors (Lipinski definition) is 2. The summed E-state index contributed by atoms with van der Waals surface area (Å²) in [7, 11) is -2.36. The van der Waals surface area contributed by atoms with E-state index >= 15 is 0 Å². The second kappa shape index (κ2) is 9.86. The number of morpholine rings is 1. The summed E-state index contributed by atoms with van der Waals surface area (Å²) in [6, 6.07) is 9.27. The number of anilines is 2. The van der Waals surface area contributed by atoms with Crippen LogP contribution in [-0.2, 0) is 19.6 Å². The molecule has 0 aliphatic carbocycles. The van der Waals surface area contributed by atoms with Crippen LogP contribution < -0.4 is 24.8 Å². The maximum atomic E-state index is 13.2. The Labute approximate surface area is 192 Å². The van der Waals surface area contributed by atoms with E-state index in [-0.39, 0.29) is 29.6 Å². The fraction of sp³-hybridized carbons (Fsp3) is 0.409. The zero-order chi connectivity index (χ0) is 23.4. The van der Waals surface area contributed by atoms with Gasteiger partial charge in [-0.05, 0) is 37.3 Å². The summed E-state index contributed by atoms with van der Waals surface area (Å²) in [5.74, 6) is 1.16. The standard InChI is InChI=1S/C22H27N3O7S/c1-15(22(26)24-16-3-5-18-20(13-16)32-12-11-31-18)23-17-4-6-19(29-2)21(14-17)33(27,28)25-7-9-30-10-8-25/h3-6,13-15,23H,7-12H2,1-2H3,(H,24,26)/t15-/m1/s1. The number of carbonyl (C=O) groups excluding carboxylic acids is 1. The van der Waals surface area contributed by atoms with Crippen LogP contribution in [0.15, 0.2) is 41.3 Å². The van der Waals surface area contributed by atoms with Crippen LogP contribution in [0.2, 0.25) is 0 Å². The molecule has 0 radical (unpaired) electrons. The van der Waals surface area contributed by atoms with Crippen molar-refractivity contribution in [2.24, 2.45) is 0 Å². The first-order chi connectivity index (χ1) is 15.9. The van der Waals surface area contributed by atoms with Gasteiger partial charge < -0.3 is 29.6 Å². The Bertz CT molecular complexity index is 1120. The number of ether oxygens (including phenoxy) is 4. The van der Waals surface area contributed by atoms with Gasteiger partial charge in [-0.15, -0.1) is 0 Å². The van der Waals surface area contributed by atoms with Crippen molar-refractivity contribution in [2.45, 2.75) is 17.9 Å². The number of fused-ring (bicyclic) bond motifs is 1. The van der Waals surface area contributed by atoms with Crippen LogP contribution in [0.1, 0.15) is 6.92 Å². The minimum atomic E-state index is -3.78. The van der Waals surface area contributed by atoms with Gasteiger partial charge in [-0.25, -0.2) is 8.42 Å². The van der Waals surface area contributed by atoms with Gasteiger partial charge in [0, 0.05) is 30.5 Å². The van der Waals surface area contributed by atoms with E-state index in [0.29, 0.717) is 49.3 Å². The van der Waals surface area contributed by atoms with Crippen LogP contribution in [0, 0.1) is 0 Å². The van der Waals surface area contributed by atoms with Crippen molar-refractivity contribution in [3.05, 3.63) is 36.4 Å². The zero-order valence-corrected chi connectivity index (χ0v) is 19.3. The van der Waals surface area contributed by atoms with Crippen molar-refractivity contribution in [2.75, 3.05) is 57.3 Å². The SMILES string of the molecule is COc1ccc(N[C@H](C)C(=O)Nc2ccc3c(c2)OCCO3)cc1S(=O)(=O)N1CCOCC1. The quantitative estimate of drug-likeness (QED) is 0.622. The predicted molar refractivity (Wildman–Crippen MR) is 122 cm³/mol. The molecule has 0 unspecified atom stereocenters. The summed E-state index contributed by atoms with van der Waals surface area (Å²) in [5.41, 5.74) is 1.05. The monoisotopic (exact) mass is 477 g/mol. The van der Waals surface area contributed by atoms with E-state index in [0.717, 1.165) is 0 Å². The topological polar surface area (TPSA) is 115 Å². The Hall–Kier alpha value is -3.02. The molecule has 10 nitrogen and oxygen atoms in total. The Morgan fingerprint density at radius 2 is 1.70 bits per heavy atom. The van der Waals surface area contributed by atoms with E-state index in [9.17, 15) is 13.2 Å². The average Bonchev–Trinajstić information content (AvgIpc) is 2.84. The maximum Gasteiger partial charge on any atom is 0.246 e. The molecule has 2 N–H and O–H groups in total. The highest BCUT2D eigenvalue weighted by Gasteiger charge is 2.30. The molecular formula is C22H27N3O7S. The lowest BCUT2D eigenvalue weighted by molar-refractivity contribution is -0.116. The normalized spacial score (nSPS) is 17.2. The Balaban J connectivity index is 1.48. The fourth-order valence-electron chi connectivity index (χ4n) is 3.58. The third kappa shape index (κ3) is 5.15. The third-order valence-electron chi connectivity index (χ3n) is 5.34. The van der Waals surface area contributed by atoms with Gasteiger partial charge in [0.05, 0.1) is 20.3 Å². The minimum absolute atomic E-state index is 0.0383. The predicted octanol–water partition coefficient (Wildman–Crippen LogP) is 1.93. The average molecular weight is 478 g/mol. The van der Waals surface area contributed by atoms with Crippen molar-refractivity contribution in [3.8, 4) is 17.2 Å². The molecule has 1 atom stereocenters. The molecule has 2 aliphatic rings. The van der Waals surface area contributed by atoms with E-state index in [4.69, 9.17) is 18.9 Å². The maximum absolute atomic E-state index is 13.2. The van der Waals surface area contributed by atoms with Crippen molar-refractivity contribution in [3.63, 3.8) is 0 Å². The third-order valence-corrected chi connectivity index (χ3v) is 7.26. The number of nitrogens with one attached hydrogen (secondary N) is 2. The lowest BCUT2D eigenvalue weighted by Gasteiger charge is -2.27. The summed E-state index contributed by atoms with van der Waals surface area (Å²) in [6.45, 7) is 3.87. The highest BCUT2D eigenvalue weighted by Crippen LogP contribution is 2.33. The summed E-state index contributed by atoms with van der Waals surface area (Å²) in [5, 5.41) is 5.89. The lowest BCUT2D eigenvalue weighted by atomic mass is 10.2. The van der Waals surface area contributed by atoms with Gasteiger partial charge in [-0.1, -0.05) is 0 Å². The van der Waals surface area contributed by atoms with Crippen molar-refractivity contribution < 1.29 is 32.2 Å². The van der Waals surface area contributed by atoms with Gasteiger partial charge in [-0.3, -0.25) is 4.79 Å². The van der Waals surface area contributed by atoms with E-state index in [2.05, 4.69) is 10.6 Å². The van der Waals surface area contributed by atoms with E-state index in [1.807, 2.05) is 0 Å². The second-order valence-corrected chi connectivity index (χ2v) is 9.50.